The third-order valence-corrected chi connectivity index (χ3v) is 3.62. The number of alkyl halides is 2. The number of halogens is 3. The highest BCUT2D eigenvalue weighted by atomic mass is 35.5. The summed E-state index contributed by atoms with van der Waals surface area (Å²) in [7, 11) is 0. The molecule has 114 valence electrons. The number of hydrogen-bond donors (Lipinski definition) is 1. The van der Waals surface area contributed by atoms with Gasteiger partial charge < -0.3 is 10.6 Å². The number of amides is 1. The average Bonchev–Trinajstić information content (AvgIpc) is 2.36. The largest absolute Gasteiger partial charge is 0.339 e. The molecule has 7 heteroatoms. The van der Waals surface area contributed by atoms with Crippen LogP contribution in [0.15, 0.2) is 0 Å². The summed E-state index contributed by atoms with van der Waals surface area (Å²) in [5, 5.41) is 0. The zero-order chi connectivity index (χ0) is 13.7. The Kier molecular flexibility index (Phi) is 8.45. The zero-order valence-corrected chi connectivity index (χ0v) is 12.3. The maximum Gasteiger partial charge on any atom is 0.251 e. The fourth-order valence-electron chi connectivity index (χ4n) is 2.05. The third kappa shape index (κ3) is 5.58. The number of rotatable bonds is 5. The monoisotopic (exact) mass is 299 g/mol. The van der Waals surface area contributed by atoms with Crippen LogP contribution in [-0.2, 0) is 4.79 Å². The lowest BCUT2D eigenvalue weighted by Crippen LogP contribution is -2.55. The van der Waals surface area contributed by atoms with Crippen molar-refractivity contribution in [1.29, 1.82) is 0 Å². The van der Waals surface area contributed by atoms with Crippen molar-refractivity contribution in [3.8, 4) is 0 Å². The summed E-state index contributed by atoms with van der Waals surface area (Å²) in [5.74, 6) is 0.0950. The van der Waals surface area contributed by atoms with Crippen LogP contribution >= 0.6 is 12.4 Å². The van der Waals surface area contributed by atoms with Crippen LogP contribution in [-0.4, -0.2) is 60.9 Å². The van der Waals surface area contributed by atoms with Crippen molar-refractivity contribution in [2.75, 3.05) is 32.7 Å². The van der Waals surface area contributed by atoms with E-state index in [0.29, 0.717) is 26.2 Å². The van der Waals surface area contributed by atoms with Gasteiger partial charge in [-0.05, 0) is 5.92 Å². The molecule has 0 aromatic rings. The highest BCUT2D eigenvalue weighted by Crippen LogP contribution is 2.11. The second-order valence-corrected chi connectivity index (χ2v) is 4.93. The van der Waals surface area contributed by atoms with E-state index in [1.165, 1.54) is 0 Å². The molecule has 1 fully saturated rings. The summed E-state index contributed by atoms with van der Waals surface area (Å²) in [6, 6.07) is -0.475. The van der Waals surface area contributed by atoms with Crippen molar-refractivity contribution in [3.05, 3.63) is 0 Å². The molecule has 1 amide bonds. The van der Waals surface area contributed by atoms with Gasteiger partial charge in [-0.15, -0.1) is 12.4 Å². The summed E-state index contributed by atoms with van der Waals surface area (Å²) in [6.07, 6.45) is -1.45. The summed E-state index contributed by atoms with van der Waals surface area (Å²) in [4.78, 5) is 15.4. The van der Waals surface area contributed by atoms with Crippen molar-refractivity contribution in [1.82, 2.24) is 9.80 Å². The van der Waals surface area contributed by atoms with Crippen molar-refractivity contribution >= 4 is 18.3 Å². The van der Waals surface area contributed by atoms with Gasteiger partial charge in [0.05, 0.1) is 12.6 Å². The van der Waals surface area contributed by atoms with Crippen molar-refractivity contribution in [2.24, 2.45) is 11.7 Å². The topological polar surface area (TPSA) is 49.6 Å². The maximum atomic E-state index is 12.2. The molecule has 1 heterocycles. The first kappa shape index (κ1) is 18.5. The molecule has 4 nitrogen and oxygen atoms in total. The van der Waals surface area contributed by atoms with Crippen molar-refractivity contribution in [3.63, 3.8) is 0 Å². The molecule has 0 aliphatic carbocycles. The minimum atomic E-state index is -2.31. The zero-order valence-electron chi connectivity index (χ0n) is 11.5. The quantitative estimate of drug-likeness (QED) is 0.830. The molecule has 2 atom stereocenters. The van der Waals surface area contributed by atoms with E-state index in [4.69, 9.17) is 5.73 Å². The molecule has 0 aromatic carbocycles. The van der Waals surface area contributed by atoms with Crippen molar-refractivity contribution in [2.45, 2.75) is 32.7 Å². The van der Waals surface area contributed by atoms with E-state index in [1.807, 2.05) is 13.8 Å². The number of carbonyl (C=O) groups is 1. The Labute approximate surface area is 119 Å². The average molecular weight is 300 g/mol. The van der Waals surface area contributed by atoms with E-state index in [-0.39, 0.29) is 30.8 Å². The molecule has 1 aliphatic heterocycles. The number of piperazine rings is 1. The highest BCUT2D eigenvalue weighted by molar-refractivity contribution is 5.85. The standard InChI is InChI=1S/C12H23F2N3O.ClH/c1-3-9(2)11(15)12(18)17-6-4-16(5-7-17)8-10(13)14;/h9-11H,3-8,15H2,1-2H3;1H. The van der Waals surface area contributed by atoms with Gasteiger partial charge in [-0.2, -0.15) is 0 Å². The summed E-state index contributed by atoms with van der Waals surface area (Å²) >= 11 is 0. The van der Waals surface area contributed by atoms with Gasteiger partial charge in [-0.1, -0.05) is 20.3 Å². The van der Waals surface area contributed by atoms with Crippen LogP contribution < -0.4 is 5.73 Å². The Morgan fingerprint density at radius 2 is 1.79 bits per heavy atom. The Bertz CT molecular complexity index is 274. The Morgan fingerprint density at radius 1 is 1.26 bits per heavy atom. The molecule has 19 heavy (non-hydrogen) atoms. The molecular formula is C12H24ClF2N3O. The predicted octanol–water partition coefficient (Wildman–Crippen LogP) is 1.19. The molecule has 2 unspecified atom stereocenters. The number of carbonyl (C=O) groups excluding carboxylic acids is 1. The van der Waals surface area contributed by atoms with E-state index in [1.54, 1.807) is 9.80 Å². The Balaban J connectivity index is 0.00000324. The second kappa shape index (κ2) is 8.66. The van der Waals surface area contributed by atoms with Crippen LogP contribution in [0.3, 0.4) is 0 Å². The van der Waals surface area contributed by atoms with Crippen molar-refractivity contribution < 1.29 is 13.6 Å². The number of nitrogens with two attached hydrogens (primary N) is 1. The van der Waals surface area contributed by atoms with E-state index in [9.17, 15) is 13.6 Å². The van der Waals surface area contributed by atoms with Gasteiger partial charge in [0.25, 0.3) is 6.43 Å². The minimum absolute atomic E-state index is 0. The molecule has 1 saturated heterocycles. The summed E-state index contributed by atoms with van der Waals surface area (Å²) in [6.45, 7) is 5.74. The summed E-state index contributed by atoms with van der Waals surface area (Å²) in [5.41, 5.74) is 5.89. The van der Waals surface area contributed by atoms with Gasteiger partial charge in [0.2, 0.25) is 5.91 Å². The van der Waals surface area contributed by atoms with Gasteiger partial charge in [0.1, 0.15) is 0 Å². The molecule has 0 aromatic heterocycles. The first-order valence-electron chi connectivity index (χ1n) is 6.50. The molecular weight excluding hydrogens is 276 g/mol. The van der Waals surface area contributed by atoms with Crippen LogP contribution in [0, 0.1) is 5.92 Å². The Hall–Kier alpha value is -0.460. The molecule has 0 spiro atoms. The molecule has 0 bridgehead atoms. The van der Waals surface area contributed by atoms with Crippen LogP contribution in [0.5, 0.6) is 0 Å². The fraction of sp³-hybridized carbons (Fsp3) is 0.917. The number of hydrogen-bond acceptors (Lipinski definition) is 3. The van der Waals surface area contributed by atoms with Gasteiger partial charge in [0, 0.05) is 26.2 Å². The molecule has 1 rings (SSSR count). The third-order valence-electron chi connectivity index (χ3n) is 3.62. The molecule has 0 saturated carbocycles. The second-order valence-electron chi connectivity index (χ2n) is 4.93. The minimum Gasteiger partial charge on any atom is -0.339 e. The lowest BCUT2D eigenvalue weighted by atomic mass is 9.98. The lowest BCUT2D eigenvalue weighted by Gasteiger charge is -2.36. The maximum absolute atomic E-state index is 12.2. The summed E-state index contributed by atoms with van der Waals surface area (Å²) < 4.78 is 24.4. The van der Waals surface area contributed by atoms with Crippen LogP contribution in [0.25, 0.3) is 0 Å². The predicted molar refractivity (Wildman–Crippen MR) is 73.7 cm³/mol. The van der Waals surface area contributed by atoms with E-state index >= 15 is 0 Å². The van der Waals surface area contributed by atoms with Gasteiger partial charge in [-0.25, -0.2) is 8.78 Å². The SMILES string of the molecule is CCC(C)C(N)C(=O)N1CCN(CC(F)F)CC1.Cl. The van der Waals surface area contributed by atoms with Gasteiger partial charge in [0.15, 0.2) is 0 Å². The molecule has 1 aliphatic rings. The smallest absolute Gasteiger partial charge is 0.251 e. The first-order valence-corrected chi connectivity index (χ1v) is 6.50. The lowest BCUT2D eigenvalue weighted by molar-refractivity contribution is -0.135. The molecule has 0 radical (unpaired) electrons. The van der Waals surface area contributed by atoms with E-state index < -0.39 is 12.5 Å². The first-order chi connectivity index (χ1) is 8.45. The van der Waals surface area contributed by atoms with Crippen LogP contribution in [0.4, 0.5) is 8.78 Å². The normalized spacial score (nSPS) is 20.0. The van der Waals surface area contributed by atoms with Crippen LogP contribution in [0.1, 0.15) is 20.3 Å². The van der Waals surface area contributed by atoms with Gasteiger partial charge in [-0.3, -0.25) is 9.69 Å². The van der Waals surface area contributed by atoms with E-state index in [2.05, 4.69) is 0 Å². The Morgan fingerprint density at radius 3 is 2.21 bits per heavy atom. The highest BCUT2D eigenvalue weighted by Gasteiger charge is 2.28. The number of nitrogens with zero attached hydrogens (tertiary/aromatic N) is 2. The fourth-order valence-corrected chi connectivity index (χ4v) is 2.05. The molecule has 2 N–H and O–H groups in total. The van der Waals surface area contributed by atoms with E-state index in [0.717, 1.165) is 6.42 Å². The van der Waals surface area contributed by atoms with Crippen LogP contribution in [0.2, 0.25) is 0 Å². The van der Waals surface area contributed by atoms with Gasteiger partial charge >= 0.3 is 0 Å².